The minimum atomic E-state index is -0.423. The average Bonchev–Trinajstić information content (AvgIpc) is 3.46. The Morgan fingerprint density at radius 2 is 2.06 bits per heavy atom. The first-order valence-corrected chi connectivity index (χ1v) is 11.3. The molecule has 0 spiro atoms. The molecule has 2 N–H and O–H groups in total. The normalized spacial score (nSPS) is 23.7. The number of halogens is 1. The highest BCUT2D eigenvalue weighted by molar-refractivity contribution is 6.00. The summed E-state index contributed by atoms with van der Waals surface area (Å²) in [7, 11) is 0. The molecular weight excluding hydrogens is 401 g/mol. The van der Waals surface area contributed by atoms with Gasteiger partial charge in [0, 0.05) is 32.0 Å². The van der Waals surface area contributed by atoms with E-state index in [1.165, 1.54) is 6.07 Å². The molecule has 0 aromatic heterocycles. The molecule has 168 valence electrons. The Kier molecular flexibility index (Phi) is 6.85. The van der Waals surface area contributed by atoms with Gasteiger partial charge in [0.15, 0.2) is 11.6 Å². The summed E-state index contributed by atoms with van der Waals surface area (Å²) in [6.45, 7) is 1.67. The van der Waals surface area contributed by atoms with E-state index in [9.17, 15) is 18.8 Å². The van der Waals surface area contributed by atoms with Gasteiger partial charge in [0.1, 0.15) is 0 Å². The van der Waals surface area contributed by atoms with Crippen LogP contribution in [0.1, 0.15) is 50.5 Å². The molecule has 2 unspecified atom stereocenters. The first kappa shape index (κ1) is 21.7. The maximum atomic E-state index is 14.1. The average molecular weight is 432 g/mol. The van der Waals surface area contributed by atoms with Crippen molar-refractivity contribution in [1.82, 2.24) is 15.5 Å². The topological polar surface area (TPSA) is 87.7 Å². The van der Waals surface area contributed by atoms with E-state index in [0.717, 1.165) is 31.2 Å². The van der Waals surface area contributed by atoms with E-state index in [0.29, 0.717) is 57.0 Å². The third kappa shape index (κ3) is 5.81. The lowest BCUT2D eigenvalue weighted by Gasteiger charge is -2.26. The summed E-state index contributed by atoms with van der Waals surface area (Å²) in [4.78, 5) is 37.7. The van der Waals surface area contributed by atoms with E-state index in [1.807, 2.05) is 4.90 Å². The van der Waals surface area contributed by atoms with Crippen LogP contribution in [0.15, 0.2) is 18.2 Å². The van der Waals surface area contributed by atoms with Crippen molar-refractivity contribution in [2.24, 2.45) is 5.92 Å². The van der Waals surface area contributed by atoms with Gasteiger partial charge in [-0.05, 0) is 62.1 Å². The molecule has 1 saturated carbocycles. The summed E-state index contributed by atoms with van der Waals surface area (Å²) in [5, 5.41) is 5.39. The highest BCUT2D eigenvalue weighted by Crippen LogP contribution is 2.31. The van der Waals surface area contributed by atoms with Crippen molar-refractivity contribution >= 4 is 17.7 Å². The molecule has 31 heavy (non-hydrogen) atoms. The molecule has 4 rings (SSSR count). The van der Waals surface area contributed by atoms with Crippen LogP contribution >= 0.6 is 0 Å². The van der Waals surface area contributed by atoms with Crippen molar-refractivity contribution < 1.29 is 23.5 Å². The Hall–Kier alpha value is -2.48. The van der Waals surface area contributed by atoms with Crippen molar-refractivity contribution in [2.45, 2.75) is 63.5 Å². The second-order valence-corrected chi connectivity index (χ2v) is 8.81. The molecule has 2 atom stereocenters. The standard InChI is InChI=1S/C23H30FN3O4/c24-18-6-5-16(13-20(18)31-14-15-3-4-15)12-17-2-1-11-27(17)22(29)9-10-25-19-7-8-21(28)26-23(19)30/h5-6,13,15,17,19,25H,1-4,7-12,14H2,(H,26,28,30). The summed E-state index contributed by atoms with van der Waals surface area (Å²) >= 11 is 0. The number of carbonyl (C=O) groups is 3. The zero-order valence-electron chi connectivity index (χ0n) is 17.7. The minimum Gasteiger partial charge on any atom is -0.490 e. The van der Waals surface area contributed by atoms with Crippen LogP contribution in [0, 0.1) is 11.7 Å². The van der Waals surface area contributed by atoms with E-state index in [4.69, 9.17) is 4.74 Å². The van der Waals surface area contributed by atoms with E-state index in [2.05, 4.69) is 10.6 Å². The summed E-state index contributed by atoms with van der Waals surface area (Å²) < 4.78 is 19.7. The molecule has 0 radical (unpaired) electrons. The number of benzene rings is 1. The fraction of sp³-hybridized carbons (Fsp3) is 0.609. The second kappa shape index (κ2) is 9.77. The fourth-order valence-electron chi connectivity index (χ4n) is 4.31. The quantitative estimate of drug-likeness (QED) is 0.584. The molecule has 2 heterocycles. The Morgan fingerprint density at radius 3 is 2.84 bits per heavy atom. The van der Waals surface area contributed by atoms with Crippen LogP contribution in [0.3, 0.4) is 0 Å². The van der Waals surface area contributed by atoms with Gasteiger partial charge in [-0.1, -0.05) is 6.07 Å². The SMILES string of the molecule is O=C1CCC(NCCC(=O)N2CCCC2Cc2ccc(F)c(OCC3CC3)c2)C(=O)N1. The highest BCUT2D eigenvalue weighted by atomic mass is 19.1. The van der Waals surface area contributed by atoms with Crippen molar-refractivity contribution in [3.8, 4) is 5.75 Å². The Morgan fingerprint density at radius 1 is 1.23 bits per heavy atom. The predicted molar refractivity (Wildman–Crippen MR) is 112 cm³/mol. The first-order valence-electron chi connectivity index (χ1n) is 11.3. The van der Waals surface area contributed by atoms with E-state index < -0.39 is 6.04 Å². The van der Waals surface area contributed by atoms with Crippen molar-refractivity contribution in [1.29, 1.82) is 0 Å². The Bertz CT molecular complexity index is 842. The van der Waals surface area contributed by atoms with Gasteiger partial charge in [0.2, 0.25) is 17.7 Å². The summed E-state index contributed by atoms with van der Waals surface area (Å²) in [5.74, 6) is -0.00826. The third-order valence-electron chi connectivity index (χ3n) is 6.30. The van der Waals surface area contributed by atoms with Gasteiger partial charge >= 0.3 is 0 Å². The molecule has 3 aliphatic rings. The van der Waals surface area contributed by atoms with Crippen molar-refractivity contribution in [3.63, 3.8) is 0 Å². The van der Waals surface area contributed by atoms with Crippen LogP contribution in [0.25, 0.3) is 0 Å². The molecule has 2 aliphatic heterocycles. The largest absolute Gasteiger partial charge is 0.490 e. The molecule has 8 heteroatoms. The van der Waals surface area contributed by atoms with Crippen LogP contribution in [0.5, 0.6) is 5.75 Å². The molecule has 0 bridgehead atoms. The number of nitrogens with one attached hydrogen (secondary N) is 2. The summed E-state index contributed by atoms with van der Waals surface area (Å²) in [6, 6.07) is 4.65. The second-order valence-electron chi connectivity index (χ2n) is 8.81. The van der Waals surface area contributed by atoms with Crippen molar-refractivity contribution in [2.75, 3.05) is 19.7 Å². The molecule has 3 amide bonds. The van der Waals surface area contributed by atoms with Gasteiger partial charge in [0.25, 0.3) is 0 Å². The molecule has 7 nitrogen and oxygen atoms in total. The number of ether oxygens (including phenoxy) is 1. The number of likely N-dealkylation sites (tertiary alicyclic amines) is 1. The smallest absolute Gasteiger partial charge is 0.243 e. The highest BCUT2D eigenvalue weighted by Gasteiger charge is 2.30. The number of rotatable bonds is 9. The number of hydrogen-bond donors (Lipinski definition) is 2. The van der Waals surface area contributed by atoms with E-state index >= 15 is 0 Å². The Balaban J connectivity index is 1.27. The maximum absolute atomic E-state index is 14.1. The van der Waals surface area contributed by atoms with Crippen LogP contribution in [-0.4, -0.2) is 54.4 Å². The zero-order chi connectivity index (χ0) is 21.8. The lowest BCUT2D eigenvalue weighted by molar-refractivity contribution is -0.136. The minimum absolute atomic E-state index is 0.0506. The maximum Gasteiger partial charge on any atom is 0.243 e. The molecule has 2 saturated heterocycles. The Labute approximate surface area is 181 Å². The fourth-order valence-corrected chi connectivity index (χ4v) is 4.31. The zero-order valence-corrected chi connectivity index (χ0v) is 17.7. The van der Waals surface area contributed by atoms with E-state index in [1.54, 1.807) is 12.1 Å². The molecule has 1 aromatic carbocycles. The number of amides is 3. The van der Waals surface area contributed by atoms with Gasteiger partial charge in [-0.15, -0.1) is 0 Å². The number of imide groups is 1. The number of piperidine rings is 1. The van der Waals surface area contributed by atoms with Gasteiger partial charge in [-0.25, -0.2) is 4.39 Å². The van der Waals surface area contributed by atoms with E-state index in [-0.39, 0.29) is 29.6 Å². The number of carbonyl (C=O) groups excluding carboxylic acids is 3. The van der Waals surface area contributed by atoms with Gasteiger partial charge in [-0.2, -0.15) is 0 Å². The number of nitrogens with zero attached hydrogens (tertiary/aromatic N) is 1. The van der Waals surface area contributed by atoms with Gasteiger partial charge < -0.3 is 15.0 Å². The van der Waals surface area contributed by atoms with Crippen LogP contribution in [0.4, 0.5) is 4.39 Å². The molecule has 3 fully saturated rings. The third-order valence-corrected chi connectivity index (χ3v) is 6.30. The van der Waals surface area contributed by atoms with Crippen LogP contribution in [-0.2, 0) is 20.8 Å². The lowest BCUT2D eigenvalue weighted by Crippen LogP contribution is -2.51. The molecular formula is C23H30FN3O4. The predicted octanol–water partition coefficient (Wildman–Crippen LogP) is 1.93. The molecule has 1 aromatic rings. The van der Waals surface area contributed by atoms with Crippen LogP contribution in [0.2, 0.25) is 0 Å². The van der Waals surface area contributed by atoms with Gasteiger partial charge in [-0.3, -0.25) is 19.7 Å². The monoisotopic (exact) mass is 431 g/mol. The first-order chi connectivity index (χ1) is 15.0. The summed E-state index contributed by atoms with van der Waals surface area (Å²) in [5.41, 5.74) is 0.971. The van der Waals surface area contributed by atoms with Crippen LogP contribution < -0.4 is 15.4 Å². The number of hydrogen-bond acceptors (Lipinski definition) is 5. The van der Waals surface area contributed by atoms with Crippen molar-refractivity contribution in [3.05, 3.63) is 29.6 Å². The lowest BCUT2D eigenvalue weighted by atomic mass is 10.0. The summed E-state index contributed by atoms with van der Waals surface area (Å²) in [6.07, 6.45) is 5.92. The molecule has 1 aliphatic carbocycles. The van der Waals surface area contributed by atoms with Gasteiger partial charge in [0.05, 0.1) is 12.6 Å².